The summed E-state index contributed by atoms with van der Waals surface area (Å²) in [6.45, 7) is 4.74. The predicted octanol–water partition coefficient (Wildman–Crippen LogP) is 6.56. The van der Waals surface area contributed by atoms with Crippen LogP contribution in [-0.2, 0) is 4.79 Å². The minimum atomic E-state index is -4.02. The highest BCUT2D eigenvalue weighted by atomic mass is 19.4. The largest absolute Gasteiger partial charge is 0.389 e. The number of alkyl halides is 3. The van der Waals surface area contributed by atoms with Crippen LogP contribution in [0.5, 0.6) is 0 Å². The fourth-order valence-electron chi connectivity index (χ4n) is 7.97. The van der Waals surface area contributed by atoms with Crippen LogP contribution in [0.3, 0.4) is 0 Å². The van der Waals surface area contributed by atoms with Crippen LogP contribution in [0.15, 0.2) is 0 Å². The van der Waals surface area contributed by atoms with Crippen LogP contribution < -0.4 is 0 Å². The summed E-state index contributed by atoms with van der Waals surface area (Å²) in [5.41, 5.74) is 0.405. The first-order valence-electron chi connectivity index (χ1n) is 10.7. The maximum Gasteiger partial charge on any atom is 0.389 e. The highest BCUT2D eigenvalue weighted by Crippen LogP contribution is 2.67. The third kappa shape index (κ3) is 2.94. The first-order chi connectivity index (χ1) is 12.1. The highest BCUT2D eigenvalue weighted by Gasteiger charge is 2.60. The number of rotatable bonds is 2. The van der Waals surface area contributed by atoms with Crippen LogP contribution in [0.1, 0.15) is 84.5 Å². The molecule has 4 fully saturated rings. The fraction of sp³-hybridized carbons (Fsp3) is 0.955. The Morgan fingerprint density at radius 2 is 1.69 bits per heavy atom. The van der Waals surface area contributed by atoms with Gasteiger partial charge in [-0.05, 0) is 91.8 Å². The Morgan fingerprint density at radius 1 is 0.962 bits per heavy atom. The molecule has 0 spiro atoms. The first-order valence-corrected chi connectivity index (χ1v) is 10.7. The number of fused-ring (bicyclic) bond motifs is 5. The molecule has 3 unspecified atom stereocenters. The topological polar surface area (TPSA) is 17.1 Å². The molecular weight excluding hydrogens is 337 g/mol. The van der Waals surface area contributed by atoms with Crippen molar-refractivity contribution in [3.05, 3.63) is 0 Å². The molecule has 4 aliphatic rings. The van der Waals surface area contributed by atoms with E-state index in [0.29, 0.717) is 41.3 Å². The summed E-state index contributed by atoms with van der Waals surface area (Å²) in [7, 11) is 0. The molecular formula is C22H33F3O. The second kappa shape index (κ2) is 6.24. The number of carbonyl (C=O) groups is 1. The van der Waals surface area contributed by atoms with Crippen LogP contribution >= 0.6 is 0 Å². The van der Waals surface area contributed by atoms with Crippen molar-refractivity contribution in [3.8, 4) is 0 Å². The number of hydrogen-bond acceptors (Lipinski definition) is 1. The van der Waals surface area contributed by atoms with E-state index < -0.39 is 12.6 Å². The quantitative estimate of drug-likeness (QED) is 0.538. The van der Waals surface area contributed by atoms with Crippen LogP contribution in [-0.4, -0.2) is 12.0 Å². The van der Waals surface area contributed by atoms with Gasteiger partial charge in [0.25, 0.3) is 0 Å². The van der Waals surface area contributed by atoms with Crippen LogP contribution in [0.25, 0.3) is 0 Å². The normalized spacial score (nSPS) is 48.7. The van der Waals surface area contributed by atoms with Crippen LogP contribution in [0.4, 0.5) is 13.2 Å². The summed E-state index contributed by atoms with van der Waals surface area (Å²) >= 11 is 0. The van der Waals surface area contributed by atoms with E-state index in [-0.39, 0.29) is 11.3 Å². The zero-order chi connectivity index (χ0) is 18.7. The lowest BCUT2D eigenvalue weighted by molar-refractivity contribution is -0.147. The molecule has 148 valence electrons. The molecule has 0 N–H and O–H groups in total. The standard InChI is InChI=1S/C22H33F3O/c1-20-11-9-19-17(5-3-15-13-16(26)8-10-21(15,19)2)18(20)6-4-14(20)7-12-22(23,24)25/h14-15,17-19H,3-13H2,1-2H3/t14?,15-,17+,18?,19?,20-,21+/m1/s1. The van der Waals surface area contributed by atoms with Gasteiger partial charge in [-0.2, -0.15) is 13.2 Å². The number of Topliss-reactive ketones (excluding diaryl/α,β-unsaturated/α-hetero) is 1. The third-order valence-electron chi connectivity index (χ3n) is 9.45. The lowest BCUT2D eigenvalue weighted by atomic mass is 9.44. The number of halogens is 3. The monoisotopic (exact) mass is 370 g/mol. The van der Waals surface area contributed by atoms with Gasteiger partial charge in [-0.3, -0.25) is 4.79 Å². The van der Waals surface area contributed by atoms with Gasteiger partial charge in [0.05, 0.1) is 0 Å². The molecule has 0 aromatic rings. The van der Waals surface area contributed by atoms with Gasteiger partial charge < -0.3 is 0 Å². The SMILES string of the molecule is C[C@]12CCC3[C@@H](CC[C@@H]4CC(=O)CC[C@]34C)C1CCC2CCC(F)(F)F. The summed E-state index contributed by atoms with van der Waals surface area (Å²) in [5.74, 6) is 3.22. The van der Waals surface area contributed by atoms with Crippen LogP contribution in [0, 0.1) is 40.4 Å². The molecule has 4 heteroatoms. The van der Waals surface area contributed by atoms with E-state index in [4.69, 9.17) is 0 Å². The van der Waals surface area contributed by atoms with Gasteiger partial charge in [0.15, 0.2) is 0 Å². The first kappa shape index (κ1) is 18.8. The molecule has 0 amide bonds. The van der Waals surface area contributed by atoms with Crippen molar-refractivity contribution in [1.29, 1.82) is 0 Å². The second-order valence-electron chi connectivity index (χ2n) is 10.4. The molecule has 4 aliphatic carbocycles. The van der Waals surface area contributed by atoms with Crippen molar-refractivity contribution in [2.24, 2.45) is 40.4 Å². The Bertz CT molecular complexity index is 570. The Kier molecular flexibility index (Phi) is 4.51. The van der Waals surface area contributed by atoms with E-state index >= 15 is 0 Å². The van der Waals surface area contributed by atoms with E-state index in [2.05, 4.69) is 13.8 Å². The maximum atomic E-state index is 12.8. The number of carbonyl (C=O) groups excluding carboxylic acids is 1. The van der Waals surface area contributed by atoms with Crippen molar-refractivity contribution in [2.45, 2.75) is 90.7 Å². The third-order valence-corrected chi connectivity index (χ3v) is 9.45. The van der Waals surface area contributed by atoms with Crippen LogP contribution in [0.2, 0.25) is 0 Å². The minimum absolute atomic E-state index is 0.111. The molecule has 0 aliphatic heterocycles. The molecule has 0 bridgehead atoms. The van der Waals surface area contributed by atoms with Crippen molar-refractivity contribution >= 4 is 5.78 Å². The van der Waals surface area contributed by atoms with Gasteiger partial charge >= 0.3 is 6.18 Å². The molecule has 4 rings (SSSR count). The van der Waals surface area contributed by atoms with Gasteiger partial charge in [-0.15, -0.1) is 0 Å². The van der Waals surface area contributed by atoms with Crippen molar-refractivity contribution < 1.29 is 18.0 Å². The molecule has 7 atom stereocenters. The van der Waals surface area contributed by atoms with Gasteiger partial charge in [0.2, 0.25) is 0 Å². The van der Waals surface area contributed by atoms with Crippen molar-refractivity contribution in [1.82, 2.24) is 0 Å². The molecule has 1 nitrogen and oxygen atoms in total. The van der Waals surface area contributed by atoms with Gasteiger partial charge in [-0.25, -0.2) is 0 Å². The zero-order valence-corrected chi connectivity index (χ0v) is 16.2. The van der Waals surface area contributed by atoms with E-state index in [0.717, 1.165) is 44.9 Å². The van der Waals surface area contributed by atoms with E-state index in [1.807, 2.05) is 0 Å². The van der Waals surface area contributed by atoms with Gasteiger partial charge in [-0.1, -0.05) is 13.8 Å². The lowest BCUT2D eigenvalue weighted by Gasteiger charge is -2.60. The summed E-state index contributed by atoms with van der Waals surface area (Å²) in [6.07, 6.45) is 4.97. The highest BCUT2D eigenvalue weighted by molar-refractivity contribution is 5.79. The molecule has 0 aromatic heterocycles. The predicted molar refractivity (Wildman–Crippen MR) is 95.5 cm³/mol. The Labute approximate surface area is 155 Å². The summed E-state index contributed by atoms with van der Waals surface area (Å²) < 4.78 is 38.3. The molecule has 26 heavy (non-hydrogen) atoms. The molecule has 0 aromatic carbocycles. The Balaban J connectivity index is 1.52. The summed E-state index contributed by atoms with van der Waals surface area (Å²) in [5, 5.41) is 0. The average Bonchev–Trinajstić information content (AvgIpc) is 2.89. The van der Waals surface area contributed by atoms with Gasteiger partial charge in [0.1, 0.15) is 5.78 Å². The molecule has 0 heterocycles. The minimum Gasteiger partial charge on any atom is -0.300 e. The summed E-state index contributed by atoms with van der Waals surface area (Å²) in [4.78, 5) is 12.0. The molecule has 0 saturated heterocycles. The lowest BCUT2D eigenvalue weighted by Crippen LogP contribution is -2.53. The van der Waals surface area contributed by atoms with Crippen molar-refractivity contribution in [2.75, 3.05) is 0 Å². The average molecular weight is 370 g/mol. The fourth-order valence-corrected chi connectivity index (χ4v) is 7.97. The summed E-state index contributed by atoms with van der Waals surface area (Å²) in [6, 6.07) is 0. The zero-order valence-electron chi connectivity index (χ0n) is 16.2. The number of ketones is 1. The Hall–Kier alpha value is -0.540. The number of hydrogen-bond donors (Lipinski definition) is 0. The van der Waals surface area contributed by atoms with Gasteiger partial charge in [0, 0.05) is 19.3 Å². The molecule has 0 radical (unpaired) electrons. The smallest absolute Gasteiger partial charge is 0.300 e. The maximum absolute atomic E-state index is 12.8. The molecule has 4 saturated carbocycles. The van der Waals surface area contributed by atoms with E-state index in [1.54, 1.807) is 0 Å². The van der Waals surface area contributed by atoms with E-state index in [9.17, 15) is 18.0 Å². The van der Waals surface area contributed by atoms with E-state index in [1.165, 1.54) is 12.8 Å². The Morgan fingerprint density at radius 3 is 2.42 bits per heavy atom. The second-order valence-corrected chi connectivity index (χ2v) is 10.4. The van der Waals surface area contributed by atoms with Crippen molar-refractivity contribution in [3.63, 3.8) is 0 Å².